The van der Waals surface area contributed by atoms with E-state index in [0.29, 0.717) is 5.65 Å². The van der Waals surface area contributed by atoms with Crippen LogP contribution >= 0.6 is 0 Å². The molecule has 0 unspecified atom stereocenters. The topological polar surface area (TPSA) is 87.9 Å². The molecular formula is C15H18N8. The lowest BCUT2D eigenvalue weighted by Crippen LogP contribution is -2.25. The van der Waals surface area contributed by atoms with Crippen LogP contribution in [-0.2, 0) is 12.8 Å². The maximum absolute atomic E-state index is 4.89. The third-order valence-corrected chi connectivity index (χ3v) is 4.89. The lowest BCUT2D eigenvalue weighted by Gasteiger charge is -2.23. The Bertz CT molecular complexity index is 827. The van der Waals surface area contributed by atoms with Crippen molar-refractivity contribution < 1.29 is 0 Å². The van der Waals surface area contributed by atoms with Gasteiger partial charge in [0.25, 0.3) is 0 Å². The van der Waals surface area contributed by atoms with Gasteiger partial charge in [-0.3, -0.25) is 0 Å². The van der Waals surface area contributed by atoms with Crippen LogP contribution in [0.3, 0.4) is 0 Å². The highest BCUT2D eigenvalue weighted by Crippen LogP contribution is 2.35. The lowest BCUT2D eigenvalue weighted by molar-refractivity contribution is 0.650. The Kier molecular flexibility index (Phi) is 2.82. The van der Waals surface area contributed by atoms with E-state index in [9.17, 15) is 0 Å². The van der Waals surface area contributed by atoms with Crippen LogP contribution in [0.5, 0.6) is 0 Å². The van der Waals surface area contributed by atoms with E-state index in [-0.39, 0.29) is 6.04 Å². The second kappa shape index (κ2) is 5.00. The maximum atomic E-state index is 4.89. The fraction of sp³-hybridized carbons (Fsp3) is 0.533. The predicted molar refractivity (Wildman–Crippen MR) is 83.1 cm³/mol. The molecular weight excluding hydrogens is 292 g/mol. The zero-order chi connectivity index (χ0) is 15.2. The Morgan fingerprint density at radius 1 is 1.13 bits per heavy atom. The zero-order valence-corrected chi connectivity index (χ0v) is 12.8. The normalized spacial score (nSPS) is 21.0. The van der Waals surface area contributed by atoms with Crippen LogP contribution in [0.15, 0.2) is 12.1 Å². The summed E-state index contributed by atoms with van der Waals surface area (Å²) in [6.07, 6.45) is 6.99. The van der Waals surface area contributed by atoms with E-state index < -0.39 is 0 Å². The number of anilines is 1. The summed E-state index contributed by atoms with van der Waals surface area (Å²) >= 11 is 0. The molecule has 0 spiro atoms. The summed E-state index contributed by atoms with van der Waals surface area (Å²) < 4.78 is 1.48. The summed E-state index contributed by atoms with van der Waals surface area (Å²) in [6, 6.07) is 4.17. The molecule has 1 aliphatic heterocycles. The molecule has 0 aromatic carbocycles. The number of rotatable bonds is 2. The molecule has 0 bridgehead atoms. The molecule has 3 aromatic heterocycles. The number of H-pyrrole nitrogens is 1. The Hall–Kier alpha value is -2.51. The summed E-state index contributed by atoms with van der Waals surface area (Å²) in [7, 11) is 0. The average molecular weight is 310 g/mol. The van der Waals surface area contributed by atoms with E-state index in [0.717, 1.165) is 43.9 Å². The molecule has 1 aliphatic carbocycles. The number of nitrogens with one attached hydrogen (secondary N) is 1. The number of fused-ring (bicyclic) bond motifs is 2. The second-order valence-corrected chi connectivity index (χ2v) is 6.32. The van der Waals surface area contributed by atoms with Crippen molar-refractivity contribution in [2.45, 2.75) is 44.6 Å². The van der Waals surface area contributed by atoms with Gasteiger partial charge in [0.1, 0.15) is 5.82 Å². The number of hydrogen-bond donors (Lipinski definition) is 1. The van der Waals surface area contributed by atoms with Crippen LogP contribution in [0.2, 0.25) is 0 Å². The molecule has 8 nitrogen and oxygen atoms in total. The highest BCUT2D eigenvalue weighted by Gasteiger charge is 2.31. The number of nitrogens with zero attached hydrogens (tertiary/aromatic N) is 7. The van der Waals surface area contributed by atoms with Gasteiger partial charge in [-0.2, -0.15) is 0 Å². The Labute approximate surface area is 132 Å². The van der Waals surface area contributed by atoms with Crippen molar-refractivity contribution in [1.82, 2.24) is 35.2 Å². The van der Waals surface area contributed by atoms with Gasteiger partial charge in [-0.1, -0.05) is 0 Å². The van der Waals surface area contributed by atoms with E-state index in [2.05, 4.69) is 30.5 Å². The van der Waals surface area contributed by atoms with Crippen molar-refractivity contribution in [1.29, 1.82) is 0 Å². The van der Waals surface area contributed by atoms with Gasteiger partial charge < -0.3 is 9.88 Å². The van der Waals surface area contributed by atoms with E-state index in [1.807, 2.05) is 12.1 Å². The van der Waals surface area contributed by atoms with Gasteiger partial charge in [-0.05, 0) is 61.1 Å². The van der Waals surface area contributed by atoms with E-state index in [1.165, 1.54) is 28.9 Å². The third-order valence-electron chi connectivity index (χ3n) is 4.89. The molecule has 1 N–H and O–H groups in total. The fourth-order valence-electron chi connectivity index (χ4n) is 3.75. The molecule has 1 fully saturated rings. The lowest BCUT2D eigenvalue weighted by atomic mass is 10.0. The van der Waals surface area contributed by atoms with Gasteiger partial charge in [0.2, 0.25) is 0 Å². The Balaban J connectivity index is 1.50. The summed E-state index contributed by atoms with van der Waals surface area (Å²) in [4.78, 5) is 10.8. The first-order valence-corrected chi connectivity index (χ1v) is 8.28. The highest BCUT2D eigenvalue weighted by atomic mass is 15.6. The van der Waals surface area contributed by atoms with Gasteiger partial charge in [0.15, 0.2) is 11.5 Å². The van der Waals surface area contributed by atoms with Crippen LogP contribution < -0.4 is 4.90 Å². The van der Waals surface area contributed by atoms with Gasteiger partial charge >= 0.3 is 0 Å². The van der Waals surface area contributed by atoms with Crippen LogP contribution in [0.25, 0.3) is 5.65 Å². The van der Waals surface area contributed by atoms with Gasteiger partial charge in [0.05, 0.1) is 11.7 Å². The van der Waals surface area contributed by atoms with E-state index in [4.69, 9.17) is 4.98 Å². The second-order valence-electron chi connectivity index (χ2n) is 6.32. The molecule has 3 aromatic rings. The van der Waals surface area contributed by atoms with Crippen LogP contribution in [0, 0.1) is 0 Å². The fourth-order valence-corrected chi connectivity index (χ4v) is 3.75. The van der Waals surface area contributed by atoms with Gasteiger partial charge in [-0.15, -0.1) is 14.8 Å². The van der Waals surface area contributed by atoms with Crippen molar-refractivity contribution in [2.75, 3.05) is 11.4 Å². The zero-order valence-electron chi connectivity index (χ0n) is 12.8. The molecule has 8 heteroatoms. The van der Waals surface area contributed by atoms with Crippen LogP contribution in [-0.4, -0.2) is 41.8 Å². The summed E-state index contributed by atoms with van der Waals surface area (Å²) in [5.74, 6) is 2.00. The van der Waals surface area contributed by atoms with Crippen molar-refractivity contribution >= 4 is 11.5 Å². The largest absolute Gasteiger partial charge is 0.345 e. The molecule has 2 aliphatic rings. The third kappa shape index (κ3) is 2.08. The molecule has 1 atom stereocenters. The van der Waals surface area contributed by atoms with Crippen molar-refractivity contribution in [3.05, 3.63) is 29.3 Å². The first-order chi connectivity index (χ1) is 11.4. The molecule has 5 rings (SSSR count). The minimum Gasteiger partial charge on any atom is -0.345 e. The van der Waals surface area contributed by atoms with Crippen molar-refractivity contribution in [2.24, 2.45) is 0 Å². The molecule has 23 heavy (non-hydrogen) atoms. The smallest absolute Gasteiger partial charge is 0.200 e. The van der Waals surface area contributed by atoms with E-state index in [1.54, 1.807) is 0 Å². The average Bonchev–Trinajstić information content (AvgIpc) is 3.31. The Morgan fingerprint density at radius 2 is 2.09 bits per heavy atom. The summed E-state index contributed by atoms with van der Waals surface area (Å²) in [6.45, 7) is 0.983. The number of aryl methyl sites for hydroxylation is 2. The molecule has 1 saturated heterocycles. The van der Waals surface area contributed by atoms with Gasteiger partial charge in [0, 0.05) is 12.2 Å². The van der Waals surface area contributed by atoms with Crippen molar-refractivity contribution in [3.8, 4) is 0 Å². The SMILES string of the molecule is c1cc2nnnn2nc1N1CCC[C@H]1c1nc2c([nH]1)CCCC2. The van der Waals surface area contributed by atoms with Crippen molar-refractivity contribution in [3.63, 3.8) is 0 Å². The number of hydrogen-bond acceptors (Lipinski definition) is 6. The Morgan fingerprint density at radius 3 is 3.04 bits per heavy atom. The highest BCUT2D eigenvalue weighted by molar-refractivity contribution is 5.46. The molecule has 0 radical (unpaired) electrons. The summed E-state index contributed by atoms with van der Waals surface area (Å²) in [5, 5.41) is 16.0. The summed E-state index contributed by atoms with van der Waals surface area (Å²) in [5.41, 5.74) is 3.27. The molecule has 0 saturated carbocycles. The number of tetrazole rings is 1. The minimum atomic E-state index is 0.266. The standard InChI is InChI=1S/C15H18N8/c1-2-5-11-10(4-1)16-15(17-11)12-6-3-9-22(12)14-8-7-13-18-20-21-23(13)19-14/h7-8,12H,1-6,9H2,(H,16,17)/t12-/m0/s1. The molecule has 118 valence electrons. The molecule has 0 amide bonds. The van der Waals surface area contributed by atoms with E-state index >= 15 is 0 Å². The van der Waals surface area contributed by atoms with Gasteiger partial charge in [-0.25, -0.2) is 4.98 Å². The monoisotopic (exact) mass is 310 g/mol. The number of aromatic amines is 1. The number of aromatic nitrogens is 7. The first-order valence-electron chi connectivity index (χ1n) is 8.28. The minimum absolute atomic E-state index is 0.266. The first kappa shape index (κ1) is 13.0. The predicted octanol–water partition coefficient (Wildman–Crippen LogP) is 1.46. The molecule has 4 heterocycles. The number of imidazole rings is 1. The van der Waals surface area contributed by atoms with Crippen LogP contribution in [0.4, 0.5) is 5.82 Å². The maximum Gasteiger partial charge on any atom is 0.200 e. The van der Waals surface area contributed by atoms with Crippen LogP contribution in [0.1, 0.15) is 48.9 Å². The quantitative estimate of drug-likeness (QED) is 0.771.